The van der Waals surface area contributed by atoms with Crippen LogP contribution in [0.15, 0.2) is 28.1 Å². The first-order valence-corrected chi connectivity index (χ1v) is 6.38. The number of methoxy groups -OCH3 is 1. The fourth-order valence-corrected chi connectivity index (χ4v) is 2.98. The van der Waals surface area contributed by atoms with E-state index in [1.54, 1.807) is 7.11 Å². The van der Waals surface area contributed by atoms with Crippen molar-refractivity contribution in [3.63, 3.8) is 0 Å². The van der Waals surface area contributed by atoms with E-state index in [1.165, 1.54) is 11.8 Å². The molecule has 0 unspecified atom stereocenters. The number of hydrogen-bond donors (Lipinski definition) is 1. The van der Waals surface area contributed by atoms with Crippen LogP contribution in [-0.4, -0.2) is 36.1 Å². The lowest BCUT2D eigenvalue weighted by Crippen LogP contribution is -2.42. The van der Waals surface area contributed by atoms with E-state index >= 15 is 0 Å². The summed E-state index contributed by atoms with van der Waals surface area (Å²) in [7, 11) is 1.67. The molecule has 0 saturated carbocycles. The molecular formula is C12H13N3OS. The number of thioether (sulfide) groups is 1. The third-order valence-corrected chi connectivity index (χ3v) is 3.93. The molecule has 1 N–H and O–H groups in total. The van der Waals surface area contributed by atoms with E-state index < -0.39 is 0 Å². The van der Waals surface area contributed by atoms with Gasteiger partial charge in [-0.1, -0.05) is 11.8 Å². The van der Waals surface area contributed by atoms with Gasteiger partial charge in [-0.15, -0.1) is 0 Å². The van der Waals surface area contributed by atoms with E-state index in [4.69, 9.17) is 10.1 Å². The fourth-order valence-electron chi connectivity index (χ4n) is 2.09. The number of ether oxygens (including phenoxy) is 1. The fraction of sp³-hybridized carbons (Fsp3) is 0.333. The Morgan fingerprint density at radius 3 is 3.18 bits per heavy atom. The molecule has 0 bridgehead atoms. The summed E-state index contributed by atoms with van der Waals surface area (Å²) in [5, 5.41) is 8.59. The van der Waals surface area contributed by atoms with Crippen LogP contribution in [0.25, 0.3) is 0 Å². The lowest BCUT2D eigenvalue weighted by molar-refractivity contribution is 0.414. The maximum Gasteiger partial charge on any atom is 0.166 e. The first kappa shape index (κ1) is 10.7. The van der Waals surface area contributed by atoms with Crippen LogP contribution in [0.1, 0.15) is 12.0 Å². The van der Waals surface area contributed by atoms with Gasteiger partial charge in [0.2, 0.25) is 0 Å². The minimum Gasteiger partial charge on any atom is -0.497 e. The van der Waals surface area contributed by atoms with Crippen LogP contribution >= 0.6 is 11.8 Å². The topological polar surface area (TPSA) is 48.7 Å². The first-order chi connectivity index (χ1) is 8.29. The Labute approximate surface area is 104 Å². The quantitative estimate of drug-likeness (QED) is 0.827. The average molecular weight is 247 g/mol. The van der Waals surface area contributed by atoms with Crippen LogP contribution in [0.5, 0.6) is 5.75 Å². The molecule has 1 aromatic carbocycles. The van der Waals surface area contributed by atoms with Gasteiger partial charge in [0, 0.05) is 23.5 Å². The number of benzene rings is 1. The lowest BCUT2D eigenvalue weighted by atomic mass is 10.1. The molecule has 4 nitrogen and oxygen atoms in total. The second kappa shape index (κ2) is 4.07. The van der Waals surface area contributed by atoms with Crippen molar-refractivity contribution in [3.8, 4) is 5.75 Å². The lowest BCUT2D eigenvalue weighted by Gasteiger charge is -2.34. The zero-order valence-electron chi connectivity index (χ0n) is 9.56. The molecule has 88 valence electrons. The monoisotopic (exact) mass is 247 g/mol. The highest BCUT2D eigenvalue weighted by Crippen LogP contribution is 2.35. The molecule has 0 saturated heterocycles. The normalized spacial score (nSPS) is 18.3. The number of nitrogens with one attached hydrogen (secondary N) is 1. The molecule has 2 heterocycles. The van der Waals surface area contributed by atoms with Crippen molar-refractivity contribution in [2.75, 3.05) is 20.2 Å². The van der Waals surface area contributed by atoms with Gasteiger partial charge in [0.15, 0.2) is 5.17 Å². The molecule has 0 amide bonds. The molecule has 0 spiro atoms. The van der Waals surface area contributed by atoms with E-state index in [-0.39, 0.29) is 0 Å². The maximum atomic E-state index is 8.02. The number of rotatable bonds is 1. The van der Waals surface area contributed by atoms with Crippen molar-refractivity contribution >= 4 is 22.8 Å². The van der Waals surface area contributed by atoms with Crippen LogP contribution in [0.4, 0.5) is 0 Å². The van der Waals surface area contributed by atoms with Crippen LogP contribution in [-0.2, 0) is 0 Å². The van der Waals surface area contributed by atoms with E-state index in [1.807, 2.05) is 23.1 Å². The summed E-state index contributed by atoms with van der Waals surface area (Å²) in [4.78, 5) is 7.62. The van der Waals surface area contributed by atoms with Crippen molar-refractivity contribution in [3.05, 3.63) is 23.8 Å². The Morgan fingerprint density at radius 1 is 1.47 bits per heavy atom. The van der Waals surface area contributed by atoms with Crippen molar-refractivity contribution in [2.45, 2.75) is 11.3 Å². The third kappa shape index (κ3) is 1.70. The zero-order valence-corrected chi connectivity index (χ0v) is 10.4. The molecule has 5 heteroatoms. The molecule has 0 radical (unpaired) electrons. The predicted molar refractivity (Wildman–Crippen MR) is 69.3 cm³/mol. The van der Waals surface area contributed by atoms with Crippen molar-refractivity contribution in [2.24, 2.45) is 4.99 Å². The zero-order chi connectivity index (χ0) is 11.8. The van der Waals surface area contributed by atoms with Gasteiger partial charge in [-0.2, -0.15) is 0 Å². The SMILES string of the molecule is COc1ccc2c(c1)C1=NCCCN1C(=N)S2. The third-order valence-electron chi connectivity index (χ3n) is 2.94. The number of nitrogens with zero attached hydrogens (tertiary/aromatic N) is 2. The molecule has 1 aromatic rings. The summed E-state index contributed by atoms with van der Waals surface area (Å²) in [6.07, 6.45) is 1.02. The minimum atomic E-state index is 0.570. The average Bonchev–Trinajstić information content (AvgIpc) is 2.39. The molecule has 0 aromatic heterocycles. The first-order valence-electron chi connectivity index (χ1n) is 5.56. The summed E-state index contributed by atoms with van der Waals surface area (Å²) in [5.74, 6) is 1.76. The number of hydrogen-bond acceptors (Lipinski definition) is 4. The van der Waals surface area contributed by atoms with Crippen molar-refractivity contribution in [1.29, 1.82) is 5.41 Å². The molecular weight excluding hydrogens is 234 g/mol. The molecule has 3 rings (SSSR count). The van der Waals surface area contributed by atoms with Gasteiger partial charge in [0.1, 0.15) is 11.6 Å². The maximum absolute atomic E-state index is 8.02. The molecule has 17 heavy (non-hydrogen) atoms. The second-order valence-corrected chi connectivity index (χ2v) is 5.01. The van der Waals surface area contributed by atoms with Gasteiger partial charge >= 0.3 is 0 Å². The van der Waals surface area contributed by atoms with Gasteiger partial charge in [0.25, 0.3) is 0 Å². The summed E-state index contributed by atoms with van der Waals surface area (Å²) in [6, 6.07) is 5.94. The smallest absolute Gasteiger partial charge is 0.166 e. The molecule has 0 aliphatic carbocycles. The highest BCUT2D eigenvalue weighted by atomic mass is 32.2. The number of fused-ring (bicyclic) bond motifs is 3. The summed E-state index contributed by atoms with van der Waals surface area (Å²) in [5.41, 5.74) is 1.09. The van der Waals surface area contributed by atoms with Crippen LogP contribution in [0.2, 0.25) is 0 Å². The molecule has 2 aliphatic heterocycles. The van der Waals surface area contributed by atoms with Gasteiger partial charge < -0.3 is 9.64 Å². The molecule has 0 atom stereocenters. The largest absolute Gasteiger partial charge is 0.497 e. The van der Waals surface area contributed by atoms with Crippen molar-refractivity contribution < 1.29 is 4.74 Å². The van der Waals surface area contributed by atoms with Gasteiger partial charge in [-0.3, -0.25) is 10.4 Å². The van der Waals surface area contributed by atoms with Crippen LogP contribution in [0, 0.1) is 5.41 Å². The van der Waals surface area contributed by atoms with Gasteiger partial charge in [0.05, 0.1) is 7.11 Å². The Balaban J connectivity index is 2.14. The summed E-state index contributed by atoms with van der Waals surface area (Å²) < 4.78 is 5.25. The van der Waals surface area contributed by atoms with Crippen LogP contribution < -0.4 is 4.74 Å². The highest BCUT2D eigenvalue weighted by molar-refractivity contribution is 8.14. The van der Waals surface area contributed by atoms with Gasteiger partial charge in [-0.05, 0) is 24.6 Å². The Morgan fingerprint density at radius 2 is 2.35 bits per heavy atom. The van der Waals surface area contributed by atoms with E-state index in [0.29, 0.717) is 5.17 Å². The Bertz CT molecular complexity index is 512. The van der Waals surface area contributed by atoms with E-state index in [0.717, 1.165) is 41.6 Å². The van der Waals surface area contributed by atoms with E-state index in [2.05, 4.69) is 4.99 Å². The van der Waals surface area contributed by atoms with Gasteiger partial charge in [-0.25, -0.2) is 0 Å². The Kier molecular flexibility index (Phi) is 2.55. The minimum absolute atomic E-state index is 0.570. The van der Waals surface area contributed by atoms with Crippen LogP contribution in [0.3, 0.4) is 0 Å². The number of aliphatic imine (C=N–C) groups is 1. The molecule has 0 fully saturated rings. The standard InChI is InChI=1S/C12H13N3OS/c1-16-8-3-4-10-9(7-8)11-14-5-2-6-15(11)12(13)17-10/h3-4,7,13H,2,5-6H2,1H3. The van der Waals surface area contributed by atoms with Crippen molar-refractivity contribution in [1.82, 2.24) is 4.90 Å². The predicted octanol–water partition coefficient (Wildman–Crippen LogP) is 2.19. The molecule has 2 aliphatic rings. The summed E-state index contributed by atoms with van der Waals surface area (Å²) in [6.45, 7) is 1.74. The van der Waals surface area contributed by atoms with E-state index in [9.17, 15) is 0 Å². The Hall–Kier alpha value is -1.49. The second-order valence-electron chi connectivity index (χ2n) is 3.98. The highest BCUT2D eigenvalue weighted by Gasteiger charge is 2.29. The summed E-state index contributed by atoms with van der Waals surface area (Å²) >= 11 is 1.49. The number of amidine groups is 2.